The molecule has 0 spiro atoms. The predicted octanol–water partition coefficient (Wildman–Crippen LogP) is 21.8. The Kier molecular flexibility index (Phi) is 14.7. The first-order chi connectivity index (χ1) is 51.7. The van der Waals surface area contributed by atoms with Gasteiger partial charge in [0.1, 0.15) is 11.5 Å². The van der Waals surface area contributed by atoms with Gasteiger partial charge in [0.2, 0.25) is 0 Å². The number of fused-ring (bicyclic) bond motifs is 8. The third kappa shape index (κ3) is 9.97. The normalized spacial score (nSPS) is 12.6. The molecule has 0 amide bonds. The van der Waals surface area contributed by atoms with Crippen LogP contribution in [0.2, 0.25) is 0 Å². The second-order valence-electron chi connectivity index (χ2n) is 27.0. The van der Waals surface area contributed by atoms with Gasteiger partial charge in [-0.1, -0.05) is 291 Å². The molecule has 8 heteroatoms. The fraction of sp³-hybridized carbons (Fsp3) is 0. The molecule has 4 heterocycles. The van der Waals surface area contributed by atoms with Crippen LogP contribution in [0.5, 0.6) is 11.5 Å². The van der Waals surface area contributed by atoms with Crippen molar-refractivity contribution >= 4 is 132 Å². The lowest BCUT2D eigenvalue weighted by molar-refractivity contribution is 0.488. The van der Waals surface area contributed by atoms with Crippen molar-refractivity contribution in [2.45, 2.75) is 0 Å². The number of anilines is 15. The Morgan fingerprint density at radius 2 is 0.577 bits per heavy atom. The minimum Gasteiger partial charge on any atom is -0.458 e. The standard InChI is InChI=1S/C96H65B2N5O/c1-10-34-66(35-11-1)77-52-32-53-78(67-36-12-2-13-37-67)95(77)100(72-46-22-7-23-47-72)76-62-90-94-92(63-76)104-91-65-87-83(64-84(91)98(94)82-57-29-31-59-86(82)102(90)74-50-26-9-27-51-74)97-81-56-28-30-58-85(81)101(73-48-24-8-25-49-73)88-60-75(99(70-42-18-5-19-43-70)71-44-20-6-21-45-71)61-89(93(88)97)103(87)96-79(68-38-14-3-15-39-68)54-33-55-80(96)69-40-16-4-17-41-69/h1-65H. The van der Waals surface area contributed by atoms with Gasteiger partial charge >= 0.3 is 0 Å². The van der Waals surface area contributed by atoms with Crippen LogP contribution in [0.25, 0.3) is 44.5 Å². The van der Waals surface area contributed by atoms with E-state index in [-0.39, 0.29) is 13.4 Å². The maximum Gasteiger partial charge on any atom is 0.256 e. The largest absolute Gasteiger partial charge is 0.458 e. The average molecular weight is 1330 g/mol. The van der Waals surface area contributed by atoms with E-state index in [9.17, 15) is 0 Å². The summed E-state index contributed by atoms with van der Waals surface area (Å²) in [5.41, 5.74) is 31.7. The van der Waals surface area contributed by atoms with Crippen LogP contribution in [0, 0.1) is 0 Å². The number of para-hydroxylation sites is 9. The Morgan fingerprint density at radius 1 is 0.221 bits per heavy atom. The van der Waals surface area contributed by atoms with E-state index < -0.39 is 0 Å². The lowest BCUT2D eigenvalue weighted by Crippen LogP contribution is -2.64. The van der Waals surface area contributed by atoms with E-state index in [0.29, 0.717) is 0 Å². The van der Waals surface area contributed by atoms with Crippen molar-refractivity contribution in [3.8, 4) is 56.0 Å². The number of hydrogen-bond donors (Lipinski definition) is 0. The SMILES string of the molecule is c1ccc(-c2cccc(-c3ccccc3)c2N(c2ccccc2)c2cc3c4c(c2)N(c2ccccc2)c2ccccc2B4c2cc4c(cc2O3)N(c2c(-c3ccccc3)cccc2-c2ccccc2)c2cc(N(c3ccccc3)c3ccccc3)cc3c2B4c2ccccc2N3c2ccccc2)cc1. The van der Waals surface area contributed by atoms with E-state index in [1.54, 1.807) is 0 Å². The highest BCUT2D eigenvalue weighted by atomic mass is 16.5. The summed E-state index contributed by atoms with van der Waals surface area (Å²) in [6, 6.07) is 144. The van der Waals surface area contributed by atoms with Gasteiger partial charge in [0, 0.05) is 96.9 Å². The number of nitrogens with zero attached hydrogens (tertiary/aromatic N) is 5. The monoisotopic (exact) mass is 1330 g/mol. The van der Waals surface area contributed by atoms with E-state index in [4.69, 9.17) is 4.74 Å². The maximum atomic E-state index is 8.12. The first-order valence-electron chi connectivity index (χ1n) is 35.8. The molecule has 16 aromatic carbocycles. The molecule has 0 saturated carbocycles. The Labute approximate surface area is 607 Å². The molecule has 16 aromatic rings. The third-order valence-electron chi connectivity index (χ3n) is 21.2. The number of hydrogen-bond acceptors (Lipinski definition) is 6. The van der Waals surface area contributed by atoms with Crippen molar-refractivity contribution in [2.24, 2.45) is 0 Å². The summed E-state index contributed by atoms with van der Waals surface area (Å²) in [6.07, 6.45) is 0. The molecule has 20 rings (SSSR count). The van der Waals surface area contributed by atoms with Gasteiger partial charge in [0.15, 0.2) is 0 Å². The van der Waals surface area contributed by atoms with Gasteiger partial charge in [-0.2, -0.15) is 0 Å². The highest BCUT2D eigenvalue weighted by Crippen LogP contribution is 2.55. The summed E-state index contributed by atoms with van der Waals surface area (Å²) < 4.78 is 8.12. The minimum atomic E-state index is -0.265. The second kappa shape index (κ2) is 25.3. The van der Waals surface area contributed by atoms with Crippen LogP contribution in [0.4, 0.5) is 85.3 Å². The summed E-state index contributed by atoms with van der Waals surface area (Å²) in [5, 5.41) is 0. The molecule has 4 aliphatic heterocycles. The Morgan fingerprint density at radius 3 is 1.04 bits per heavy atom. The lowest BCUT2D eigenvalue weighted by atomic mass is 9.30. The van der Waals surface area contributed by atoms with Crippen molar-refractivity contribution in [2.75, 3.05) is 24.5 Å². The zero-order valence-electron chi connectivity index (χ0n) is 56.8. The molecule has 0 saturated heterocycles. The lowest BCUT2D eigenvalue weighted by Gasteiger charge is -2.46. The Bertz CT molecular complexity index is 5770. The third-order valence-corrected chi connectivity index (χ3v) is 21.2. The summed E-state index contributed by atoms with van der Waals surface area (Å²) in [5.74, 6) is 1.58. The molecule has 104 heavy (non-hydrogen) atoms. The quantitative estimate of drug-likeness (QED) is 0.107. The van der Waals surface area contributed by atoms with Crippen LogP contribution in [-0.4, -0.2) is 13.4 Å². The molecule has 486 valence electrons. The van der Waals surface area contributed by atoms with Gasteiger partial charge in [0.25, 0.3) is 13.4 Å². The summed E-state index contributed by atoms with van der Waals surface area (Å²) in [7, 11) is 0. The van der Waals surface area contributed by atoms with Crippen LogP contribution in [-0.2, 0) is 0 Å². The summed E-state index contributed by atoms with van der Waals surface area (Å²) in [6.45, 7) is -0.516. The molecular formula is C96H65B2N5O. The van der Waals surface area contributed by atoms with Crippen molar-refractivity contribution in [1.29, 1.82) is 0 Å². The molecule has 0 atom stereocenters. The van der Waals surface area contributed by atoms with Crippen LogP contribution < -0.4 is 62.0 Å². The smallest absolute Gasteiger partial charge is 0.256 e. The molecule has 0 unspecified atom stereocenters. The van der Waals surface area contributed by atoms with Crippen LogP contribution in [0.1, 0.15) is 0 Å². The fourth-order valence-corrected chi connectivity index (χ4v) is 16.9. The van der Waals surface area contributed by atoms with Gasteiger partial charge in [-0.25, -0.2) is 0 Å². The van der Waals surface area contributed by atoms with E-state index >= 15 is 0 Å². The molecule has 6 nitrogen and oxygen atoms in total. The molecular weight excluding hydrogens is 1260 g/mol. The average Bonchev–Trinajstić information content (AvgIpc) is 0.686. The fourth-order valence-electron chi connectivity index (χ4n) is 16.9. The first-order valence-corrected chi connectivity index (χ1v) is 35.8. The van der Waals surface area contributed by atoms with Crippen molar-refractivity contribution < 1.29 is 4.74 Å². The molecule has 4 aliphatic rings. The van der Waals surface area contributed by atoms with Gasteiger partial charge in [-0.05, 0) is 146 Å². The number of benzene rings is 16. The molecule has 0 aromatic heterocycles. The van der Waals surface area contributed by atoms with E-state index in [1.165, 1.54) is 21.9 Å². The molecule has 0 N–H and O–H groups in total. The van der Waals surface area contributed by atoms with Crippen LogP contribution >= 0.6 is 0 Å². The summed E-state index contributed by atoms with van der Waals surface area (Å²) >= 11 is 0. The first kappa shape index (κ1) is 60.4. The van der Waals surface area contributed by atoms with Crippen LogP contribution in [0.3, 0.4) is 0 Å². The topological polar surface area (TPSA) is 25.4 Å². The van der Waals surface area contributed by atoms with Gasteiger partial charge in [-0.3, -0.25) is 0 Å². The van der Waals surface area contributed by atoms with E-state index in [1.807, 2.05) is 0 Å². The van der Waals surface area contributed by atoms with Crippen molar-refractivity contribution in [3.63, 3.8) is 0 Å². The summed E-state index contributed by atoms with van der Waals surface area (Å²) in [4.78, 5) is 12.5. The van der Waals surface area contributed by atoms with Gasteiger partial charge in [0.05, 0.1) is 22.7 Å². The van der Waals surface area contributed by atoms with Crippen molar-refractivity contribution in [1.82, 2.24) is 0 Å². The zero-order valence-corrected chi connectivity index (χ0v) is 56.8. The number of ether oxygens (including phenoxy) is 1. The van der Waals surface area contributed by atoms with Gasteiger partial charge < -0.3 is 29.2 Å². The molecule has 0 bridgehead atoms. The Hall–Kier alpha value is -13.6. The highest BCUT2D eigenvalue weighted by Gasteiger charge is 2.49. The zero-order chi connectivity index (χ0) is 68.6. The van der Waals surface area contributed by atoms with E-state index in [0.717, 1.165) is 152 Å². The minimum absolute atomic E-state index is 0.251. The molecule has 0 aliphatic carbocycles. The molecule has 0 radical (unpaired) electrons. The van der Waals surface area contributed by atoms with Crippen molar-refractivity contribution in [3.05, 3.63) is 394 Å². The highest BCUT2D eigenvalue weighted by molar-refractivity contribution is 7.02. The van der Waals surface area contributed by atoms with Crippen LogP contribution in [0.15, 0.2) is 394 Å². The van der Waals surface area contributed by atoms with E-state index in [2.05, 4.69) is 419 Å². The molecule has 0 fully saturated rings. The predicted molar refractivity (Wildman–Crippen MR) is 437 cm³/mol. The number of rotatable bonds is 13. The second-order valence-corrected chi connectivity index (χ2v) is 27.0. The van der Waals surface area contributed by atoms with Gasteiger partial charge in [-0.15, -0.1) is 0 Å². The maximum absolute atomic E-state index is 8.12. The Balaban J connectivity index is 0.907.